The Bertz CT molecular complexity index is 873. The predicted octanol–water partition coefficient (Wildman–Crippen LogP) is 3.91. The maximum atomic E-state index is 5.49. The lowest BCUT2D eigenvalue weighted by molar-refractivity contribution is 0.419. The van der Waals surface area contributed by atoms with E-state index in [4.69, 9.17) is 9.72 Å². The Labute approximate surface area is 148 Å². The molecule has 0 aliphatic carbocycles. The Balaban J connectivity index is 1.64. The van der Waals surface area contributed by atoms with Crippen LogP contribution in [0.1, 0.15) is 36.9 Å². The second-order valence-corrected chi connectivity index (χ2v) is 6.65. The van der Waals surface area contributed by atoms with Crippen LogP contribution in [0.4, 0.5) is 5.82 Å². The monoisotopic (exact) mass is 336 g/mol. The largest absolute Gasteiger partial charge is 0.494 e. The van der Waals surface area contributed by atoms with Crippen molar-refractivity contribution in [1.29, 1.82) is 0 Å². The lowest BCUT2D eigenvalue weighted by atomic mass is 9.92. The molecule has 0 unspecified atom stereocenters. The molecule has 0 amide bonds. The number of piperidine rings is 1. The Morgan fingerprint density at radius 1 is 1.28 bits per heavy atom. The number of pyridine rings is 1. The summed E-state index contributed by atoms with van der Waals surface area (Å²) in [6.45, 7) is 4.20. The molecule has 1 saturated heterocycles. The van der Waals surface area contributed by atoms with Gasteiger partial charge in [-0.2, -0.15) is 5.10 Å². The highest BCUT2D eigenvalue weighted by Crippen LogP contribution is 2.32. The minimum atomic E-state index is 0.487. The minimum Gasteiger partial charge on any atom is -0.494 e. The van der Waals surface area contributed by atoms with Crippen molar-refractivity contribution in [3.05, 3.63) is 47.8 Å². The number of hydrogen-bond donors (Lipinski definition) is 1. The lowest BCUT2D eigenvalue weighted by Crippen LogP contribution is -2.35. The molecule has 0 saturated carbocycles. The molecule has 3 aromatic rings. The Morgan fingerprint density at radius 2 is 2.20 bits per heavy atom. The highest BCUT2D eigenvalue weighted by atomic mass is 16.5. The van der Waals surface area contributed by atoms with Gasteiger partial charge in [-0.25, -0.2) is 4.98 Å². The van der Waals surface area contributed by atoms with E-state index in [1.54, 1.807) is 7.11 Å². The molecule has 0 bridgehead atoms. The van der Waals surface area contributed by atoms with E-state index in [1.807, 2.05) is 18.3 Å². The number of para-hydroxylation sites is 1. The van der Waals surface area contributed by atoms with E-state index >= 15 is 0 Å². The van der Waals surface area contributed by atoms with E-state index in [9.17, 15) is 0 Å². The summed E-state index contributed by atoms with van der Waals surface area (Å²) in [5.74, 6) is 2.34. The number of hydrogen-bond acceptors (Lipinski definition) is 4. The number of fused-ring (bicyclic) bond motifs is 1. The van der Waals surface area contributed by atoms with Crippen molar-refractivity contribution in [2.45, 2.75) is 32.1 Å². The molecule has 1 atom stereocenters. The third-order valence-corrected chi connectivity index (χ3v) is 5.17. The summed E-state index contributed by atoms with van der Waals surface area (Å²) in [7, 11) is 1.70. The van der Waals surface area contributed by atoms with Crippen LogP contribution in [0.3, 0.4) is 0 Å². The maximum Gasteiger partial charge on any atom is 0.145 e. The van der Waals surface area contributed by atoms with E-state index in [-0.39, 0.29) is 0 Å². The van der Waals surface area contributed by atoms with Gasteiger partial charge in [-0.05, 0) is 43.0 Å². The molecule has 0 spiro atoms. The minimum absolute atomic E-state index is 0.487. The second kappa shape index (κ2) is 6.75. The molecule has 1 N–H and O–H groups in total. The van der Waals surface area contributed by atoms with Crippen LogP contribution >= 0.6 is 0 Å². The number of rotatable bonds is 4. The van der Waals surface area contributed by atoms with Gasteiger partial charge in [0.25, 0.3) is 0 Å². The number of aromatic amines is 1. The third-order valence-electron chi connectivity index (χ3n) is 5.17. The topological polar surface area (TPSA) is 54.0 Å². The Morgan fingerprint density at radius 3 is 3.04 bits per heavy atom. The molecule has 5 heteroatoms. The molecule has 1 aromatic carbocycles. The van der Waals surface area contributed by atoms with Gasteiger partial charge in [-0.1, -0.05) is 19.1 Å². The SMILES string of the molecule is CCc1cn[nH]c1[C@@H]1CCCN(c2ccc3cccc(OC)c3n2)C1. The normalized spacial score (nSPS) is 17.8. The zero-order chi connectivity index (χ0) is 17.2. The summed E-state index contributed by atoms with van der Waals surface area (Å²) in [6, 6.07) is 10.3. The van der Waals surface area contributed by atoms with Crippen LogP contribution in [-0.2, 0) is 6.42 Å². The van der Waals surface area contributed by atoms with Crippen LogP contribution < -0.4 is 9.64 Å². The average molecular weight is 336 g/mol. The van der Waals surface area contributed by atoms with Crippen LogP contribution in [0.15, 0.2) is 36.5 Å². The van der Waals surface area contributed by atoms with Crippen molar-refractivity contribution < 1.29 is 4.74 Å². The molecular formula is C20H24N4O. The molecule has 5 nitrogen and oxygen atoms in total. The van der Waals surface area contributed by atoms with Gasteiger partial charge in [0.1, 0.15) is 17.1 Å². The van der Waals surface area contributed by atoms with Gasteiger partial charge < -0.3 is 9.64 Å². The fourth-order valence-corrected chi connectivity index (χ4v) is 3.83. The van der Waals surface area contributed by atoms with Crippen molar-refractivity contribution in [2.24, 2.45) is 0 Å². The van der Waals surface area contributed by atoms with Gasteiger partial charge in [0.05, 0.1) is 13.3 Å². The zero-order valence-electron chi connectivity index (χ0n) is 14.8. The van der Waals surface area contributed by atoms with Crippen molar-refractivity contribution in [3.63, 3.8) is 0 Å². The molecule has 1 fully saturated rings. The average Bonchev–Trinajstić information content (AvgIpc) is 3.16. The standard InChI is InChI=1S/C20H24N4O/c1-3-14-12-21-23-19(14)16-7-5-11-24(13-16)18-10-9-15-6-4-8-17(25-2)20(15)22-18/h4,6,8-10,12,16H,3,5,7,11,13H2,1-2H3,(H,21,23)/t16-/m1/s1. The summed E-state index contributed by atoms with van der Waals surface area (Å²) >= 11 is 0. The van der Waals surface area contributed by atoms with Crippen LogP contribution in [-0.4, -0.2) is 35.4 Å². The molecule has 4 rings (SSSR count). The number of benzene rings is 1. The zero-order valence-corrected chi connectivity index (χ0v) is 14.8. The first-order valence-corrected chi connectivity index (χ1v) is 9.01. The smallest absolute Gasteiger partial charge is 0.145 e. The Kier molecular flexibility index (Phi) is 4.30. The van der Waals surface area contributed by atoms with E-state index in [0.717, 1.165) is 42.0 Å². The molecule has 0 radical (unpaired) electrons. The first-order valence-electron chi connectivity index (χ1n) is 9.01. The highest BCUT2D eigenvalue weighted by molar-refractivity contribution is 5.86. The molecular weight excluding hydrogens is 312 g/mol. The molecule has 25 heavy (non-hydrogen) atoms. The van der Waals surface area contributed by atoms with E-state index in [0.29, 0.717) is 5.92 Å². The van der Waals surface area contributed by atoms with Gasteiger partial charge >= 0.3 is 0 Å². The van der Waals surface area contributed by atoms with Gasteiger partial charge in [-0.3, -0.25) is 5.10 Å². The summed E-state index contributed by atoms with van der Waals surface area (Å²) in [6.07, 6.45) is 5.35. The van der Waals surface area contributed by atoms with E-state index in [1.165, 1.54) is 24.1 Å². The number of anilines is 1. The predicted molar refractivity (Wildman–Crippen MR) is 100 cm³/mol. The summed E-state index contributed by atoms with van der Waals surface area (Å²) in [4.78, 5) is 7.29. The van der Waals surface area contributed by atoms with E-state index < -0.39 is 0 Å². The number of ether oxygens (including phenoxy) is 1. The summed E-state index contributed by atoms with van der Waals surface area (Å²) in [5.41, 5.74) is 3.56. The summed E-state index contributed by atoms with van der Waals surface area (Å²) in [5, 5.41) is 8.59. The van der Waals surface area contributed by atoms with Gasteiger partial charge in [0.15, 0.2) is 0 Å². The number of nitrogens with zero attached hydrogens (tertiary/aromatic N) is 3. The van der Waals surface area contributed by atoms with E-state index in [2.05, 4.69) is 40.2 Å². The molecule has 1 aliphatic heterocycles. The quantitative estimate of drug-likeness (QED) is 0.785. The number of aryl methyl sites for hydroxylation is 1. The van der Waals surface area contributed by atoms with Crippen LogP contribution in [0.5, 0.6) is 5.75 Å². The van der Waals surface area contributed by atoms with Crippen molar-refractivity contribution in [1.82, 2.24) is 15.2 Å². The first kappa shape index (κ1) is 15.9. The Hall–Kier alpha value is -2.56. The van der Waals surface area contributed by atoms with Crippen molar-refractivity contribution in [2.75, 3.05) is 25.1 Å². The lowest BCUT2D eigenvalue weighted by Gasteiger charge is -2.33. The molecule has 130 valence electrons. The fourth-order valence-electron chi connectivity index (χ4n) is 3.83. The van der Waals surface area contributed by atoms with Gasteiger partial charge in [0.2, 0.25) is 0 Å². The number of methoxy groups -OCH3 is 1. The molecule has 3 heterocycles. The van der Waals surface area contributed by atoms with Crippen LogP contribution in [0.2, 0.25) is 0 Å². The van der Waals surface area contributed by atoms with Crippen molar-refractivity contribution in [3.8, 4) is 5.75 Å². The highest BCUT2D eigenvalue weighted by Gasteiger charge is 2.25. The fraction of sp³-hybridized carbons (Fsp3) is 0.400. The van der Waals surface area contributed by atoms with Crippen LogP contribution in [0.25, 0.3) is 10.9 Å². The van der Waals surface area contributed by atoms with Gasteiger partial charge in [-0.15, -0.1) is 0 Å². The first-order chi connectivity index (χ1) is 12.3. The molecule has 1 aliphatic rings. The van der Waals surface area contributed by atoms with Gasteiger partial charge in [0, 0.05) is 30.1 Å². The third kappa shape index (κ3) is 2.95. The number of H-pyrrole nitrogens is 1. The number of nitrogens with one attached hydrogen (secondary N) is 1. The maximum absolute atomic E-state index is 5.49. The number of aromatic nitrogens is 3. The van der Waals surface area contributed by atoms with Crippen LogP contribution in [0, 0.1) is 0 Å². The van der Waals surface area contributed by atoms with Crippen molar-refractivity contribution >= 4 is 16.7 Å². The molecule has 2 aromatic heterocycles. The second-order valence-electron chi connectivity index (χ2n) is 6.65. The summed E-state index contributed by atoms with van der Waals surface area (Å²) < 4.78 is 5.49.